The van der Waals surface area contributed by atoms with Gasteiger partial charge in [0.05, 0.1) is 4.90 Å². The summed E-state index contributed by atoms with van der Waals surface area (Å²) < 4.78 is 26.3. The maximum Gasteiger partial charge on any atom is 0.253 e. The number of nitrogens with two attached hydrogens (primary N) is 1. The molecule has 1 aliphatic heterocycles. The number of rotatable bonds is 5. The number of hydrogen-bond donors (Lipinski definition) is 1. The fourth-order valence-electron chi connectivity index (χ4n) is 3.02. The maximum atomic E-state index is 12.6. The Kier molecular flexibility index (Phi) is 6.24. The third-order valence-electron chi connectivity index (χ3n) is 5.08. The third kappa shape index (κ3) is 4.40. The molecule has 1 aliphatic rings. The van der Waals surface area contributed by atoms with Crippen LogP contribution in [0.4, 0.5) is 0 Å². The van der Waals surface area contributed by atoms with Gasteiger partial charge in [-0.1, -0.05) is 0 Å². The van der Waals surface area contributed by atoms with E-state index in [4.69, 9.17) is 5.73 Å². The lowest BCUT2D eigenvalue weighted by atomic mass is 9.90. The van der Waals surface area contributed by atoms with Gasteiger partial charge in [0, 0.05) is 37.8 Å². The van der Waals surface area contributed by atoms with Gasteiger partial charge >= 0.3 is 0 Å². The van der Waals surface area contributed by atoms with Crippen LogP contribution in [0.25, 0.3) is 0 Å². The lowest BCUT2D eigenvalue weighted by Gasteiger charge is -2.33. The molecule has 140 valence electrons. The fraction of sp³-hybridized carbons (Fsp3) is 0.611. The van der Waals surface area contributed by atoms with Crippen molar-refractivity contribution in [3.8, 4) is 0 Å². The van der Waals surface area contributed by atoms with Crippen LogP contribution < -0.4 is 5.73 Å². The summed E-state index contributed by atoms with van der Waals surface area (Å²) in [6, 6.07) is 6.24. The molecule has 1 saturated heterocycles. The summed E-state index contributed by atoms with van der Waals surface area (Å²) in [5.41, 5.74) is 6.46. The van der Waals surface area contributed by atoms with Gasteiger partial charge in [-0.25, -0.2) is 8.42 Å². The molecule has 0 bridgehead atoms. The molecule has 1 unspecified atom stereocenters. The monoisotopic (exact) mass is 367 g/mol. The van der Waals surface area contributed by atoms with Crippen LogP contribution >= 0.6 is 0 Å². The first-order valence-corrected chi connectivity index (χ1v) is 10.2. The van der Waals surface area contributed by atoms with E-state index in [0.29, 0.717) is 24.6 Å². The minimum atomic E-state index is -3.53. The van der Waals surface area contributed by atoms with Gasteiger partial charge in [0.25, 0.3) is 5.91 Å². The summed E-state index contributed by atoms with van der Waals surface area (Å²) in [4.78, 5) is 14.6. The van der Waals surface area contributed by atoms with E-state index in [2.05, 4.69) is 0 Å². The van der Waals surface area contributed by atoms with E-state index < -0.39 is 10.0 Å². The Morgan fingerprint density at radius 1 is 1.16 bits per heavy atom. The number of carbonyl (C=O) groups is 1. The van der Waals surface area contributed by atoms with E-state index in [-0.39, 0.29) is 22.9 Å². The van der Waals surface area contributed by atoms with Crippen molar-refractivity contribution in [1.29, 1.82) is 0 Å². The van der Waals surface area contributed by atoms with Crippen molar-refractivity contribution in [2.45, 2.75) is 50.6 Å². The number of amides is 1. The van der Waals surface area contributed by atoms with Gasteiger partial charge < -0.3 is 10.6 Å². The SMILES string of the molecule is CC(N)C1CCN(C(=O)c2ccc(S(=O)(=O)N(C)C(C)C)cc2)CC1. The zero-order valence-electron chi connectivity index (χ0n) is 15.5. The summed E-state index contributed by atoms with van der Waals surface area (Å²) in [7, 11) is -1.97. The van der Waals surface area contributed by atoms with Crippen LogP contribution in [-0.2, 0) is 10.0 Å². The second-order valence-corrected chi connectivity index (χ2v) is 9.13. The smallest absolute Gasteiger partial charge is 0.253 e. The normalized spacial score (nSPS) is 18.0. The average Bonchev–Trinajstić information content (AvgIpc) is 2.60. The Morgan fingerprint density at radius 2 is 1.68 bits per heavy atom. The Bertz CT molecular complexity index is 691. The first-order valence-electron chi connectivity index (χ1n) is 8.77. The predicted octanol–water partition coefficient (Wildman–Crippen LogP) is 1.91. The molecule has 2 N–H and O–H groups in total. The van der Waals surface area contributed by atoms with Crippen molar-refractivity contribution in [2.24, 2.45) is 11.7 Å². The molecule has 0 aliphatic carbocycles. The van der Waals surface area contributed by atoms with E-state index in [9.17, 15) is 13.2 Å². The van der Waals surface area contributed by atoms with E-state index >= 15 is 0 Å². The lowest BCUT2D eigenvalue weighted by Crippen LogP contribution is -2.42. The zero-order valence-corrected chi connectivity index (χ0v) is 16.3. The topological polar surface area (TPSA) is 83.7 Å². The van der Waals surface area contributed by atoms with Crippen molar-refractivity contribution in [1.82, 2.24) is 9.21 Å². The van der Waals surface area contributed by atoms with Crippen LogP contribution in [0.5, 0.6) is 0 Å². The van der Waals surface area contributed by atoms with Crippen molar-refractivity contribution in [3.05, 3.63) is 29.8 Å². The molecule has 1 atom stereocenters. The largest absolute Gasteiger partial charge is 0.339 e. The molecule has 1 amide bonds. The molecule has 0 spiro atoms. The minimum absolute atomic E-state index is 0.0516. The van der Waals surface area contributed by atoms with Gasteiger partial charge in [-0.3, -0.25) is 4.79 Å². The second kappa shape index (κ2) is 7.85. The van der Waals surface area contributed by atoms with E-state index in [1.54, 1.807) is 19.2 Å². The summed E-state index contributed by atoms with van der Waals surface area (Å²) >= 11 is 0. The van der Waals surface area contributed by atoms with Gasteiger partial charge in [-0.15, -0.1) is 0 Å². The number of benzene rings is 1. The standard InChI is InChI=1S/C18H29N3O3S/c1-13(2)20(4)25(23,24)17-7-5-16(6-8-17)18(22)21-11-9-15(10-12-21)14(3)19/h5-8,13-15H,9-12,19H2,1-4H3. The van der Waals surface area contributed by atoms with Gasteiger partial charge in [-0.2, -0.15) is 4.31 Å². The van der Waals surface area contributed by atoms with Crippen LogP contribution in [-0.4, -0.2) is 55.8 Å². The van der Waals surface area contributed by atoms with Crippen LogP contribution in [0, 0.1) is 5.92 Å². The minimum Gasteiger partial charge on any atom is -0.339 e. The first-order chi connectivity index (χ1) is 11.6. The van der Waals surface area contributed by atoms with Crippen molar-refractivity contribution in [3.63, 3.8) is 0 Å². The third-order valence-corrected chi connectivity index (χ3v) is 7.12. The Balaban J connectivity index is 2.09. The lowest BCUT2D eigenvalue weighted by molar-refractivity contribution is 0.0681. The van der Waals surface area contributed by atoms with Crippen molar-refractivity contribution < 1.29 is 13.2 Å². The van der Waals surface area contributed by atoms with Gasteiger partial charge in [0.2, 0.25) is 10.0 Å². The molecule has 0 aromatic heterocycles. The molecule has 6 nitrogen and oxygen atoms in total. The first kappa shape index (κ1) is 19.9. The molecule has 0 radical (unpaired) electrons. The van der Waals surface area contributed by atoms with E-state index in [1.165, 1.54) is 16.4 Å². The maximum absolute atomic E-state index is 12.6. The summed E-state index contributed by atoms with van der Waals surface area (Å²) in [6.07, 6.45) is 1.82. The number of carbonyl (C=O) groups excluding carboxylic acids is 1. The highest BCUT2D eigenvalue weighted by molar-refractivity contribution is 7.89. The van der Waals surface area contributed by atoms with Gasteiger partial charge in [0.15, 0.2) is 0 Å². The van der Waals surface area contributed by atoms with Gasteiger partial charge in [0.1, 0.15) is 0 Å². The Labute approximate surface area is 151 Å². The fourth-order valence-corrected chi connectivity index (χ4v) is 4.39. The van der Waals surface area contributed by atoms with E-state index in [1.807, 2.05) is 25.7 Å². The number of piperidine rings is 1. The molecule has 1 heterocycles. The number of hydrogen-bond acceptors (Lipinski definition) is 4. The highest BCUT2D eigenvalue weighted by Crippen LogP contribution is 2.22. The van der Waals surface area contributed by atoms with Crippen LogP contribution in [0.1, 0.15) is 44.0 Å². The predicted molar refractivity (Wildman–Crippen MR) is 98.8 cm³/mol. The second-order valence-electron chi connectivity index (χ2n) is 7.13. The molecular weight excluding hydrogens is 338 g/mol. The molecular formula is C18H29N3O3S. The molecule has 1 fully saturated rings. The molecule has 2 rings (SSSR count). The summed E-state index contributed by atoms with van der Waals surface area (Å²) in [5, 5.41) is 0. The van der Waals surface area contributed by atoms with Crippen molar-refractivity contribution >= 4 is 15.9 Å². The molecule has 25 heavy (non-hydrogen) atoms. The van der Waals surface area contributed by atoms with Crippen LogP contribution in [0.3, 0.4) is 0 Å². The number of likely N-dealkylation sites (tertiary alicyclic amines) is 1. The Morgan fingerprint density at radius 3 is 2.12 bits per heavy atom. The number of nitrogens with zero attached hydrogens (tertiary/aromatic N) is 2. The van der Waals surface area contributed by atoms with Gasteiger partial charge in [-0.05, 0) is 63.8 Å². The highest BCUT2D eigenvalue weighted by Gasteiger charge is 2.26. The van der Waals surface area contributed by atoms with Crippen LogP contribution in [0.2, 0.25) is 0 Å². The number of sulfonamides is 1. The van der Waals surface area contributed by atoms with E-state index in [0.717, 1.165) is 12.8 Å². The molecule has 7 heteroatoms. The molecule has 0 saturated carbocycles. The van der Waals surface area contributed by atoms with Crippen LogP contribution in [0.15, 0.2) is 29.2 Å². The quantitative estimate of drug-likeness (QED) is 0.862. The summed E-state index contributed by atoms with van der Waals surface area (Å²) in [5.74, 6) is 0.410. The Hall–Kier alpha value is -1.44. The summed E-state index contributed by atoms with van der Waals surface area (Å²) in [6.45, 7) is 7.04. The highest BCUT2D eigenvalue weighted by atomic mass is 32.2. The molecule has 1 aromatic rings. The zero-order chi connectivity index (χ0) is 18.8. The van der Waals surface area contributed by atoms with Crippen molar-refractivity contribution in [2.75, 3.05) is 20.1 Å². The molecule has 1 aromatic carbocycles. The average molecular weight is 368 g/mol.